The van der Waals surface area contributed by atoms with Gasteiger partial charge in [0, 0.05) is 24.0 Å². The van der Waals surface area contributed by atoms with Gasteiger partial charge in [-0.05, 0) is 19.1 Å². The van der Waals surface area contributed by atoms with Crippen molar-refractivity contribution in [2.75, 3.05) is 24.9 Å². The molecule has 0 atom stereocenters. The SMILES string of the molecule is COc1ccc(NC(=O)/C(C#N)=C\Nc2cc(C)on2)cc1OC. The molecule has 8 nitrogen and oxygen atoms in total. The highest BCUT2D eigenvalue weighted by molar-refractivity contribution is 6.06. The number of methoxy groups -OCH3 is 2. The normalized spacial score (nSPS) is 10.7. The van der Waals surface area contributed by atoms with E-state index >= 15 is 0 Å². The molecule has 124 valence electrons. The zero-order valence-corrected chi connectivity index (χ0v) is 13.4. The number of ether oxygens (including phenoxy) is 2. The van der Waals surface area contributed by atoms with Crippen molar-refractivity contribution >= 4 is 17.4 Å². The Labute approximate surface area is 138 Å². The molecule has 0 saturated carbocycles. The standard InChI is InChI=1S/C16H16N4O4/c1-10-6-15(20-24-10)18-9-11(8-17)16(21)19-12-4-5-13(22-2)14(7-12)23-3/h4-7,9H,1-3H3,(H,18,20)(H,19,21)/b11-9-. The second-order valence-electron chi connectivity index (χ2n) is 4.66. The molecule has 1 aromatic heterocycles. The first kappa shape index (κ1) is 16.9. The van der Waals surface area contributed by atoms with Crippen molar-refractivity contribution in [3.8, 4) is 17.6 Å². The fourth-order valence-electron chi connectivity index (χ4n) is 1.84. The fraction of sp³-hybridized carbons (Fsp3) is 0.188. The molecule has 1 heterocycles. The molecule has 0 fully saturated rings. The lowest BCUT2D eigenvalue weighted by Gasteiger charge is -2.10. The molecule has 8 heteroatoms. The van der Waals surface area contributed by atoms with Gasteiger partial charge in [0.25, 0.3) is 5.91 Å². The third-order valence-electron chi connectivity index (χ3n) is 3.00. The highest BCUT2D eigenvalue weighted by atomic mass is 16.5. The Kier molecular flexibility index (Phi) is 5.41. The van der Waals surface area contributed by atoms with Gasteiger partial charge in [-0.25, -0.2) is 0 Å². The maximum absolute atomic E-state index is 12.2. The minimum absolute atomic E-state index is 0.120. The van der Waals surface area contributed by atoms with E-state index in [1.54, 1.807) is 31.2 Å². The molecule has 1 amide bonds. The molecule has 24 heavy (non-hydrogen) atoms. The van der Waals surface area contributed by atoms with E-state index in [1.165, 1.54) is 20.4 Å². The third kappa shape index (κ3) is 4.04. The Morgan fingerprint density at radius 1 is 1.29 bits per heavy atom. The van der Waals surface area contributed by atoms with Gasteiger partial charge < -0.3 is 24.6 Å². The average Bonchev–Trinajstić information content (AvgIpc) is 3.00. The van der Waals surface area contributed by atoms with E-state index in [-0.39, 0.29) is 5.57 Å². The van der Waals surface area contributed by atoms with Gasteiger partial charge in [-0.15, -0.1) is 0 Å². The van der Waals surface area contributed by atoms with E-state index in [2.05, 4.69) is 15.8 Å². The third-order valence-corrected chi connectivity index (χ3v) is 3.00. The van der Waals surface area contributed by atoms with E-state index < -0.39 is 5.91 Å². The fourth-order valence-corrected chi connectivity index (χ4v) is 1.84. The number of nitriles is 1. The summed E-state index contributed by atoms with van der Waals surface area (Å²) in [6.45, 7) is 1.73. The van der Waals surface area contributed by atoms with Crippen molar-refractivity contribution in [3.05, 3.63) is 41.8 Å². The first-order valence-corrected chi connectivity index (χ1v) is 6.91. The molecule has 1 aromatic carbocycles. The van der Waals surface area contributed by atoms with Crippen LogP contribution in [0.4, 0.5) is 11.5 Å². The second-order valence-corrected chi connectivity index (χ2v) is 4.66. The first-order chi connectivity index (χ1) is 11.6. The Bertz CT molecular complexity index is 805. The molecule has 0 saturated heterocycles. The lowest BCUT2D eigenvalue weighted by atomic mass is 10.2. The number of hydrogen-bond acceptors (Lipinski definition) is 7. The molecule has 2 aromatic rings. The zero-order chi connectivity index (χ0) is 17.5. The maximum atomic E-state index is 12.2. The van der Waals surface area contributed by atoms with Gasteiger partial charge in [-0.1, -0.05) is 5.16 Å². The minimum atomic E-state index is -0.572. The lowest BCUT2D eigenvalue weighted by molar-refractivity contribution is -0.112. The number of carbonyl (C=O) groups is 1. The number of nitrogens with one attached hydrogen (secondary N) is 2. The monoisotopic (exact) mass is 328 g/mol. The zero-order valence-electron chi connectivity index (χ0n) is 13.4. The van der Waals surface area contributed by atoms with Gasteiger partial charge in [0.1, 0.15) is 17.4 Å². The molecule has 0 bridgehead atoms. The van der Waals surface area contributed by atoms with Crippen LogP contribution >= 0.6 is 0 Å². The summed E-state index contributed by atoms with van der Waals surface area (Å²) in [5.41, 5.74) is 0.349. The number of nitrogens with zero attached hydrogens (tertiary/aromatic N) is 2. The van der Waals surface area contributed by atoms with Gasteiger partial charge in [-0.3, -0.25) is 4.79 Å². The quantitative estimate of drug-likeness (QED) is 0.619. The van der Waals surface area contributed by atoms with Crippen LogP contribution in [0.2, 0.25) is 0 Å². The second kappa shape index (κ2) is 7.69. The van der Waals surface area contributed by atoms with Crippen molar-refractivity contribution in [1.29, 1.82) is 5.26 Å². The molecule has 0 aliphatic carbocycles. The highest BCUT2D eigenvalue weighted by Crippen LogP contribution is 2.29. The number of carbonyl (C=O) groups excluding carboxylic acids is 1. The molecule has 2 rings (SSSR count). The summed E-state index contributed by atoms with van der Waals surface area (Å²) in [6.07, 6.45) is 1.26. The summed E-state index contributed by atoms with van der Waals surface area (Å²) < 4.78 is 15.2. The van der Waals surface area contributed by atoms with E-state index in [0.29, 0.717) is 28.8 Å². The number of hydrogen-bond donors (Lipinski definition) is 2. The number of aryl methyl sites for hydroxylation is 1. The van der Waals surface area contributed by atoms with Crippen LogP contribution in [-0.4, -0.2) is 25.3 Å². The lowest BCUT2D eigenvalue weighted by Crippen LogP contribution is -2.14. The molecule has 2 N–H and O–H groups in total. The molecule has 0 aliphatic heterocycles. The van der Waals surface area contributed by atoms with Crippen LogP contribution < -0.4 is 20.1 Å². The number of anilines is 2. The summed E-state index contributed by atoms with van der Waals surface area (Å²) in [4.78, 5) is 12.2. The molecular formula is C16H16N4O4. The largest absolute Gasteiger partial charge is 0.493 e. The van der Waals surface area contributed by atoms with Gasteiger partial charge in [0.2, 0.25) is 0 Å². The van der Waals surface area contributed by atoms with Crippen molar-refractivity contribution in [2.24, 2.45) is 0 Å². The Hall–Kier alpha value is -3.47. The van der Waals surface area contributed by atoms with Gasteiger partial charge in [0.05, 0.1) is 14.2 Å². The summed E-state index contributed by atoms with van der Waals surface area (Å²) in [5, 5.41) is 18.2. The van der Waals surface area contributed by atoms with Crippen molar-refractivity contribution < 1.29 is 18.8 Å². The average molecular weight is 328 g/mol. The molecule has 0 spiro atoms. The minimum Gasteiger partial charge on any atom is -0.493 e. The van der Waals surface area contributed by atoms with Crippen LogP contribution in [0.25, 0.3) is 0 Å². The number of aromatic nitrogens is 1. The summed E-state index contributed by atoms with van der Waals surface area (Å²) in [5.74, 6) is 1.44. The van der Waals surface area contributed by atoms with Crippen molar-refractivity contribution in [2.45, 2.75) is 6.92 Å². The molecule has 0 unspecified atom stereocenters. The Balaban J connectivity index is 2.10. The van der Waals surface area contributed by atoms with Crippen molar-refractivity contribution in [3.63, 3.8) is 0 Å². The van der Waals surface area contributed by atoms with E-state index in [9.17, 15) is 4.79 Å². The smallest absolute Gasteiger partial charge is 0.267 e. The van der Waals surface area contributed by atoms with Crippen molar-refractivity contribution in [1.82, 2.24) is 5.16 Å². The summed E-state index contributed by atoms with van der Waals surface area (Å²) in [6, 6.07) is 8.35. The van der Waals surface area contributed by atoms with Gasteiger partial charge in [0.15, 0.2) is 17.3 Å². The van der Waals surface area contributed by atoms with Crippen LogP contribution in [0.3, 0.4) is 0 Å². The number of rotatable bonds is 6. The van der Waals surface area contributed by atoms with E-state index in [1.807, 2.05) is 6.07 Å². The Morgan fingerprint density at radius 3 is 2.62 bits per heavy atom. The van der Waals surface area contributed by atoms with Crippen LogP contribution in [0.1, 0.15) is 5.76 Å². The molecule has 0 aliphatic rings. The first-order valence-electron chi connectivity index (χ1n) is 6.91. The summed E-state index contributed by atoms with van der Waals surface area (Å²) >= 11 is 0. The van der Waals surface area contributed by atoms with Crippen LogP contribution in [0.15, 0.2) is 40.6 Å². The van der Waals surface area contributed by atoms with E-state index in [4.69, 9.17) is 19.3 Å². The Morgan fingerprint density at radius 2 is 2.04 bits per heavy atom. The molecular weight excluding hydrogens is 312 g/mol. The predicted molar refractivity (Wildman–Crippen MR) is 86.7 cm³/mol. The topological polar surface area (TPSA) is 109 Å². The number of benzene rings is 1. The van der Waals surface area contributed by atoms with Crippen LogP contribution in [0, 0.1) is 18.3 Å². The van der Waals surface area contributed by atoms with Crippen LogP contribution in [0.5, 0.6) is 11.5 Å². The molecule has 0 radical (unpaired) electrons. The van der Waals surface area contributed by atoms with E-state index in [0.717, 1.165) is 0 Å². The predicted octanol–water partition coefficient (Wildman–Crippen LogP) is 2.46. The van der Waals surface area contributed by atoms with Gasteiger partial charge >= 0.3 is 0 Å². The van der Waals surface area contributed by atoms with Gasteiger partial charge in [-0.2, -0.15) is 5.26 Å². The maximum Gasteiger partial charge on any atom is 0.267 e. The highest BCUT2D eigenvalue weighted by Gasteiger charge is 2.12. The summed E-state index contributed by atoms with van der Waals surface area (Å²) in [7, 11) is 3.01. The van der Waals surface area contributed by atoms with Crippen LogP contribution in [-0.2, 0) is 4.79 Å². The number of amides is 1.